The lowest BCUT2D eigenvalue weighted by molar-refractivity contribution is 0.669. The second kappa shape index (κ2) is 11.2. The zero-order chi connectivity index (χ0) is 31.2. The van der Waals surface area contributed by atoms with Gasteiger partial charge in [-0.3, -0.25) is 0 Å². The van der Waals surface area contributed by atoms with Gasteiger partial charge in [-0.15, -0.1) is 0 Å². The minimum atomic E-state index is 0.589. The first-order valence-electron chi connectivity index (χ1n) is 15.6. The van der Waals surface area contributed by atoms with E-state index in [0.29, 0.717) is 17.5 Å². The predicted octanol–water partition coefficient (Wildman–Crippen LogP) is 10.7. The Labute approximate surface area is 270 Å². The van der Waals surface area contributed by atoms with Crippen LogP contribution in [0.15, 0.2) is 162 Å². The van der Waals surface area contributed by atoms with E-state index in [0.717, 1.165) is 71.9 Å². The van der Waals surface area contributed by atoms with Crippen LogP contribution in [0.25, 0.3) is 89.4 Å². The molecule has 47 heavy (non-hydrogen) atoms. The van der Waals surface area contributed by atoms with Gasteiger partial charge >= 0.3 is 0 Å². The quantitative estimate of drug-likeness (QED) is 0.196. The highest BCUT2D eigenvalue weighted by Gasteiger charge is 2.19. The third-order valence-electron chi connectivity index (χ3n) is 8.53. The van der Waals surface area contributed by atoms with Crippen molar-refractivity contribution in [3.63, 3.8) is 0 Å². The van der Waals surface area contributed by atoms with Crippen molar-refractivity contribution in [1.82, 2.24) is 19.9 Å². The molecule has 0 N–H and O–H groups in total. The molecule has 0 saturated carbocycles. The average molecular weight is 603 g/mol. The maximum Gasteiger partial charge on any atom is 0.164 e. The van der Waals surface area contributed by atoms with Crippen molar-refractivity contribution in [2.75, 3.05) is 0 Å². The van der Waals surface area contributed by atoms with Crippen LogP contribution in [0.5, 0.6) is 0 Å². The summed E-state index contributed by atoms with van der Waals surface area (Å²) in [6.07, 6.45) is 0. The number of hydrogen-bond acceptors (Lipinski definition) is 5. The van der Waals surface area contributed by atoms with Crippen molar-refractivity contribution in [1.29, 1.82) is 0 Å². The minimum Gasteiger partial charge on any atom is -0.456 e. The summed E-state index contributed by atoms with van der Waals surface area (Å²) in [6, 6.07) is 53.4. The fraction of sp³-hybridized carbons (Fsp3) is 0. The maximum atomic E-state index is 6.41. The Balaban J connectivity index is 1.26. The van der Waals surface area contributed by atoms with Crippen LogP contribution in [0.2, 0.25) is 0 Å². The molecule has 0 aliphatic carbocycles. The first kappa shape index (κ1) is 26.9. The Bertz CT molecular complexity index is 2500. The molecule has 0 unspecified atom stereocenters. The van der Waals surface area contributed by atoms with Gasteiger partial charge in [-0.25, -0.2) is 19.9 Å². The van der Waals surface area contributed by atoms with Crippen LogP contribution < -0.4 is 0 Å². The van der Waals surface area contributed by atoms with E-state index in [2.05, 4.69) is 66.7 Å². The summed E-state index contributed by atoms with van der Waals surface area (Å²) in [4.78, 5) is 20.0. The molecule has 5 heteroatoms. The van der Waals surface area contributed by atoms with Crippen molar-refractivity contribution in [3.05, 3.63) is 158 Å². The number of rotatable bonds is 5. The second-order valence-corrected chi connectivity index (χ2v) is 11.5. The monoisotopic (exact) mass is 602 g/mol. The van der Waals surface area contributed by atoms with Gasteiger partial charge in [-0.1, -0.05) is 121 Å². The Hall–Kier alpha value is -6.46. The molecule has 3 aromatic heterocycles. The van der Waals surface area contributed by atoms with E-state index in [1.807, 2.05) is 91.0 Å². The van der Waals surface area contributed by atoms with E-state index >= 15 is 0 Å². The number of fused-ring (bicyclic) bond motifs is 4. The zero-order valence-electron chi connectivity index (χ0n) is 25.2. The van der Waals surface area contributed by atoms with Gasteiger partial charge in [0.15, 0.2) is 17.5 Å². The molecule has 0 radical (unpaired) electrons. The number of benzene rings is 6. The van der Waals surface area contributed by atoms with Crippen LogP contribution in [0, 0.1) is 0 Å². The molecule has 0 bridgehead atoms. The molecule has 5 nitrogen and oxygen atoms in total. The number of furan rings is 1. The van der Waals surface area contributed by atoms with E-state index in [1.54, 1.807) is 0 Å². The highest BCUT2D eigenvalue weighted by molar-refractivity contribution is 6.13. The largest absolute Gasteiger partial charge is 0.456 e. The first-order valence-corrected chi connectivity index (χ1v) is 15.6. The summed E-state index contributed by atoms with van der Waals surface area (Å²) in [5.41, 5.74) is 9.46. The van der Waals surface area contributed by atoms with Crippen molar-refractivity contribution in [3.8, 4) is 56.5 Å². The van der Waals surface area contributed by atoms with E-state index in [1.165, 1.54) is 0 Å². The average Bonchev–Trinajstić information content (AvgIpc) is 3.53. The van der Waals surface area contributed by atoms with Gasteiger partial charge in [0, 0.05) is 38.4 Å². The topological polar surface area (TPSA) is 64.7 Å². The van der Waals surface area contributed by atoms with Gasteiger partial charge in [0.2, 0.25) is 0 Å². The fourth-order valence-electron chi connectivity index (χ4n) is 6.28. The molecule has 0 saturated heterocycles. The normalized spacial score (nSPS) is 11.4. The minimum absolute atomic E-state index is 0.589. The van der Waals surface area contributed by atoms with Crippen molar-refractivity contribution >= 4 is 32.8 Å². The van der Waals surface area contributed by atoms with Crippen LogP contribution in [0.4, 0.5) is 0 Å². The number of pyridine rings is 1. The third kappa shape index (κ3) is 4.82. The maximum absolute atomic E-state index is 6.41. The lowest BCUT2D eigenvalue weighted by atomic mass is 9.97. The zero-order valence-corrected chi connectivity index (χ0v) is 25.2. The molecular weight excluding hydrogens is 576 g/mol. The molecule has 220 valence electrons. The molecule has 3 heterocycles. The number of hydrogen-bond donors (Lipinski definition) is 0. The fourth-order valence-corrected chi connectivity index (χ4v) is 6.28. The number of para-hydroxylation sites is 1. The summed E-state index contributed by atoms with van der Waals surface area (Å²) in [5.74, 6) is 1.83. The lowest BCUT2D eigenvalue weighted by Gasteiger charge is -2.11. The van der Waals surface area contributed by atoms with Gasteiger partial charge in [-0.05, 0) is 47.5 Å². The molecule has 6 aromatic carbocycles. The second-order valence-electron chi connectivity index (χ2n) is 11.5. The van der Waals surface area contributed by atoms with E-state index in [4.69, 9.17) is 24.4 Å². The SMILES string of the molecule is c1ccc(-c2nc(-c3ccccc3)nc(-c3cccc4oc5ccc(-c6cc(-c7ccccc7)c7ccccc7n6)cc5c34)n2)cc1. The van der Waals surface area contributed by atoms with E-state index in [9.17, 15) is 0 Å². The van der Waals surface area contributed by atoms with Crippen molar-refractivity contribution in [2.24, 2.45) is 0 Å². The summed E-state index contributed by atoms with van der Waals surface area (Å²) in [7, 11) is 0. The van der Waals surface area contributed by atoms with Crippen LogP contribution in [-0.4, -0.2) is 19.9 Å². The predicted molar refractivity (Wildman–Crippen MR) is 190 cm³/mol. The van der Waals surface area contributed by atoms with Gasteiger partial charge in [0.1, 0.15) is 11.2 Å². The Kier molecular flexibility index (Phi) is 6.39. The Morgan fingerprint density at radius 2 is 0.979 bits per heavy atom. The molecule has 0 spiro atoms. The summed E-state index contributed by atoms with van der Waals surface area (Å²) >= 11 is 0. The van der Waals surface area contributed by atoms with E-state index < -0.39 is 0 Å². The van der Waals surface area contributed by atoms with E-state index in [-0.39, 0.29) is 0 Å². The first-order chi connectivity index (χ1) is 23.3. The number of nitrogens with zero attached hydrogens (tertiary/aromatic N) is 4. The van der Waals surface area contributed by atoms with Gasteiger partial charge in [0.05, 0.1) is 11.2 Å². The lowest BCUT2D eigenvalue weighted by Crippen LogP contribution is -2.00. The highest BCUT2D eigenvalue weighted by Crippen LogP contribution is 2.39. The molecule has 0 aliphatic heterocycles. The molecule has 0 amide bonds. The van der Waals surface area contributed by atoms with Crippen LogP contribution in [-0.2, 0) is 0 Å². The van der Waals surface area contributed by atoms with Crippen LogP contribution in [0.3, 0.4) is 0 Å². The standard InChI is InChI=1S/C42H26N4O/c1-4-13-27(14-5-1)33-26-36(43-35-21-11-10-19-31(33)35)30-23-24-37-34(25-30)39-32(20-12-22-38(39)47-37)42-45-40(28-15-6-2-7-16-28)44-41(46-42)29-17-8-3-9-18-29/h1-26H. The molecule has 0 fully saturated rings. The third-order valence-corrected chi connectivity index (χ3v) is 8.53. The molecule has 0 aliphatic rings. The molecule has 9 rings (SSSR count). The molecule has 0 atom stereocenters. The molecule has 9 aromatic rings. The molecular formula is C42H26N4O. The van der Waals surface area contributed by atoms with Crippen molar-refractivity contribution < 1.29 is 4.42 Å². The van der Waals surface area contributed by atoms with Gasteiger partial charge < -0.3 is 4.42 Å². The van der Waals surface area contributed by atoms with Crippen LogP contribution >= 0.6 is 0 Å². The smallest absolute Gasteiger partial charge is 0.164 e. The van der Waals surface area contributed by atoms with Gasteiger partial charge in [-0.2, -0.15) is 0 Å². The summed E-state index contributed by atoms with van der Waals surface area (Å²) in [6.45, 7) is 0. The Morgan fingerprint density at radius 3 is 1.68 bits per heavy atom. The Morgan fingerprint density at radius 1 is 0.362 bits per heavy atom. The highest BCUT2D eigenvalue weighted by atomic mass is 16.3. The number of aromatic nitrogens is 4. The van der Waals surface area contributed by atoms with Crippen LogP contribution in [0.1, 0.15) is 0 Å². The summed E-state index contributed by atoms with van der Waals surface area (Å²) in [5, 5.41) is 3.06. The van der Waals surface area contributed by atoms with Crippen molar-refractivity contribution in [2.45, 2.75) is 0 Å². The summed E-state index contributed by atoms with van der Waals surface area (Å²) < 4.78 is 6.41. The van der Waals surface area contributed by atoms with Gasteiger partial charge in [0.25, 0.3) is 0 Å².